The van der Waals surface area contributed by atoms with Crippen molar-refractivity contribution < 1.29 is 36.3 Å². The minimum absolute atomic E-state index is 0.0863. The highest BCUT2D eigenvalue weighted by molar-refractivity contribution is 5.98. The number of hydrogen-bond acceptors (Lipinski definition) is 4. The number of carbonyl (C=O) groups excluding carboxylic acids is 3. The maximum atomic E-state index is 13.8. The second-order valence-electron chi connectivity index (χ2n) is 9.93. The molecular formula is C29H37F5N4O3. The Morgan fingerprint density at radius 3 is 2.29 bits per heavy atom. The predicted molar refractivity (Wildman–Crippen MR) is 146 cm³/mol. The third-order valence-electron chi connectivity index (χ3n) is 6.61. The molecule has 2 aromatic carbocycles. The summed E-state index contributed by atoms with van der Waals surface area (Å²) in [6.45, 7) is 8.28. The van der Waals surface area contributed by atoms with Crippen molar-refractivity contribution in [3.05, 3.63) is 64.7 Å². The first kappa shape index (κ1) is 33.7. The molecule has 1 saturated heterocycles. The molecule has 0 aliphatic carbocycles. The lowest BCUT2D eigenvalue weighted by Crippen LogP contribution is -2.42. The van der Waals surface area contributed by atoms with E-state index in [1.54, 1.807) is 6.92 Å². The normalized spacial score (nSPS) is 18.9. The van der Waals surface area contributed by atoms with Gasteiger partial charge in [0.05, 0.1) is 12.2 Å². The second kappa shape index (κ2) is 14.9. The number of carbonyl (C=O) groups is 3. The van der Waals surface area contributed by atoms with Gasteiger partial charge in [0.2, 0.25) is 18.2 Å². The number of fused-ring (bicyclic) bond motifs is 1. The molecule has 2 heterocycles. The standard InChI is InChI=1S/C21H21F4N3O2.C6H10FNO.C2H6/c1-2-28-19-7-14(22)4-3-12(19)10-27(11-21(28)30)20(29)8-15(26)5-13-6-17(24)18(25)9-16(13)23;1-6(7)2-3-8(4-6)5-9;1-2/h3-4,6-7,9,15H,2,5,8,10-11,26H2,1H3;5H,2-4H2,1H3;1-2H3. The molecule has 0 bridgehead atoms. The molecule has 0 saturated carbocycles. The van der Waals surface area contributed by atoms with Crippen LogP contribution in [0.3, 0.4) is 0 Å². The highest BCUT2D eigenvalue weighted by atomic mass is 19.2. The van der Waals surface area contributed by atoms with Gasteiger partial charge in [-0.1, -0.05) is 19.9 Å². The molecule has 0 aromatic heterocycles. The van der Waals surface area contributed by atoms with Crippen LogP contribution in [0.1, 0.15) is 51.7 Å². The van der Waals surface area contributed by atoms with Gasteiger partial charge in [-0.25, -0.2) is 22.0 Å². The van der Waals surface area contributed by atoms with Crippen molar-refractivity contribution in [2.24, 2.45) is 5.73 Å². The molecule has 3 amide bonds. The fourth-order valence-electron chi connectivity index (χ4n) is 4.57. The van der Waals surface area contributed by atoms with Gasteiger partial charge in [0.15, 0.2) is 11.6 Å². The van der Waals surface area contributed by atoms with E-state index in [0.717, 1.165) is 0 Å². The van der Waals surface area contributed by atoms with Gasteiger partial charge < -0.3 is 20.4 Å². The summed E-state index contributed by atoms with van der Waals surface area (Å²) >= 11 is 0. The number of likely N-dealkylation sites (tertiary alicyclic amines) is 1. The SMILES string of the molecule is CC.CC1(F)CCN(C=O)C1.CCN1C(=O)CN(C(=O)CC(N)Cc2cc(F)c(F)cc2F)Cc2ccc(F)cc21. The van der Waals surface area contributed by atoms with Gasteiger partial charge in [-0.3, -0.25) is 14.4 Å². The lowest BCUT2D eigenvalue weighted by Gasteiger charge is -2.22. The zero-order valence-electron chi connectivity index (χ0n) is 23.7. The fourth-order valence-corrected chi connectivity index (χ4v) is 4.57. The van der Waals surface area contributed by atoms with Crippen LogP contribution in [0.25, 0.3) is 0 Å². The Morgan fingerprint density at radius 2 is 1.73 bits per heavy atom. The molecule has 2 aromatic rings. The van der Waals surface area contributed by atoms with Crippen LogP contribution in [0.4, 0.5) is 27.6 Å². The summed E-state index contributed by atoms with van der Waals surface area (Å²) in [4.78, 5) is 39.5. The number of nitrogens with two attached hydrogens (primary N) is 1. The summed E-state index contributed by atoms with van der Waals surface area (Å²) in [5.74, 6) is -4.76. The van der Waals surface area contributed by atoms with Crippen LogP contribution < -0.4 is 10.6 Å². The van der Waals surface area contributed by atoms with Gasteiger partial charge >= 0.3 is 0 Å². The largest absolute Gasteiger partial charge is 0.342 e. The Balaban J connectivity index is 0.000000450. The number of halogens is 5. The average Bonchev–Trinajstić information content (AvgIpc) is 3.21. The van der Waals surface area contributed by atoms with E-state index in [1.807, 2.05) is 13.8 Å². The second-order valence-corrected chi connectivity index (χ2v) is 9.93. The van der Waals surface area contributed by atoms with Crippen LogP contribution >= 0.6 is 0 Å². The number of rotatable bonds is 6. The van der Waals surface area contributed by atoms with Gasteiger partial charge in [-0.2, -0.15) is 0 Å². The Bertz CT molecular complexity index is 1230. The van der Waals surface area contributed by atoms with Gasteiger partial charge in [0.1, 0.15) is 23.8 Å². The van der Waals surface area contributed by atoms with E-state index in [2.05, 4.69) is 0 Å². The number of likely N-dealkylation sites (N-methyl/N-ethyl adjacent to an activating group) is 1. The highest BCUT2D eigenvalue weighted by Gasteiger charge is 2.32. The molecule has 1 fully saturated rings. The van der Waals surface area contributed by atoms with Crippen molar-refractivity contribution in [2.75, 3.05) is 31.1 Å². The fraction of sp³-hybridized carbons (Fsp3) is 0.483. The first-order chi connectivity index (χ1) is 19.3. The number of amides is 3. The van der Waals surface area contributed by atoms with Crippen molar-refractivity contribution in [3.8, 4) is 0 Å². The molecule has 2 aliphatic heterocycles. The molecule has 12 heteroatoms. The van der Waals surface area contributed by atoms with Gasteiger partial charge in [0, 0.05) is 44.6 Å². The van der Waals surface area contributed by atoms with Crippen LogP contribution in [0.5, 0.6) is 0 Å². The summed E-state index contributed by atoms with van der Waals surface area (Å²) < 4.78 is 66.8. The monoisotopic (exact) mass is 584 g/mol. The summed E-state index contributed by atoms with van der Waals surface area (Å²) in [6, 6.07) is 4.30. The lowest BCUT2D eigenvalue weighted by atomic mass is 10.0. The molecule has 0 spiro atoms. The maximum absolute atomic E-state index is 13.8. The zero-order valence-corrected chi connectivity index (χ0v) is 23.7. The third kappa shape index (κ3) is 9.24. The molecule has 2 unspecified atom stereocenters. The molecule has 2 aliphatic rings. The number of benzene rings is 2. The topological polar surface area (TPSA) is 87.0 Å². The summed E-state index contributed by atoms with van der Waals surface area (Å²) in [5.41, 5.74) is 5.68. The van der Waals surface area contributed by atoms with Crippen LogP contribution in [0.2, 0.25) is 0 Å². The minimum Gasteiger partial charge on any atom is -0.342 e. The molecule has 226 valence electrons. The van der Waals surface area contributed by atoms with E-state index in [4.69, 9.17) is 5.73 Å². The Morgan fingerprint density at radius 1 is 1.07 bits per heavy atom. The van der Waals surface area contributed by atoms with Crippen LogP contribution in [-0.2, 0) is 27.3 Å². The molecule has 2 atom stereocenters. The Kier molecular flexibility index (Phi) is 12.2. The van der Waals surface area contributed by atoms with Crippen LogP contribution in [0.15, 0.2) is 30.3 Å². The van der Waals surface area contributed by atoms with E-state index >= 15 is 0 Å². The minimum atomic E-state index is -1.31. The first-order valence-electron chi connectivity index (χ1n) is 13.5. The summed E-state index contributed by atoms with van der Waals surface area (Å²) in [5, 5.41) is 0. The molecule has 7 nitrogen and oxygen atoms in total. The predicted octanol–water partition coefficient (Wildman–Crippen LogP) is 4.50. The summed E-state index contributed by atoms with van der Waals surface area (Å²) in [6.07, 6.45) is 0.768. The molecule has 41 heavy (non-hydrogen) atoms. The zero-order chi connectivity index (χ0) is 30.9. The number of alkyl halides is 1. The lowest BCUT2D eigenvalue weighted by molar-refractivity contribution is -0.135. The number of anilines is 1. The van der Waals surface area contributed by atoms with E-state index in [0.29, 0.717) is 49.3 Å². The quantitative estimate of drug-likeness (QED) is 0.308. The van der Waals surface area contributed by atoms with Gasteiger partial charge in [-0.15, -0.1) is 0 Å². The molecule has 4 rings (SSSR count). The Hall–Kier alpha value is -3.54. The van der Waals surface area contributed by atoms with Crippen molar-refractivity contribution in [2.45, 2.75) is 65.2 Å². The van der Waals surface area contributed by atoms with E-state index in [-0.39, 0.29) is 43.9 Å². The van der Waals surface area contributed by atoms with Crippen LogP contribution in [-0.4, -0.2) is 65.9 Å². The molecule has 2 N–H and O–H groups in total. The number of nitrogens with zero attached hydrogens (tertiary/aromatic N) is 3. The highest BCUT2D eigenvalue weighted by Crippen LogP contribution is 2.27. The van der Waals surface area contributed by atoms with E-state index in [1.165, 1.54) is 39.8 Å². The maximum Gasteiger partial charge on any atom is 0.246 e. The van der Waals surface area contributed by atoms with Crippen molar-refractivity contribution >= 4 is 23.9 Å². The van der Waals surface area contributed by atoms with Crippen LogP contribution in [0, 0.1) is 23.3 Å². The Labute approximate surface area is 237 Å². The molecular weight excluding hydrogens is 547 g/mol. The first-order valence-corrected chi connectivity index (χ1v) is 13.5. The molecule has 0 radical (unpaired) electrons. The average molecular weight is 585 g/mol. The smallest absolute Gasteiger partial charge is 0.246 e. The van der Waals surface area contributed by atoms with Crippen molar-refractivity contribution in [1.82, 2.24) is 9.80 Å². The summed E-state index contributed by atoms with van der Waals surface area (Å²) in [7, 11) is 0. The van der Waals surface area contributed by atoms with Gasteiger partial charge in [0.25, 0.3) is 0 Å². The number of hydrogen-bond donors (Lipinski definition) is 1. The van der Waals surface area contributed by atoms with E-state index in [9.17, 15) is 36.3 Å². The van der Waals surface area contributed by atoms with E-state index < -0.39 is 40.9 Å². The van der Waals surface area contributed by atoms with Crippen molar-refractivity contribution in [1.29, 1.82) is 0 Å². The van der Waals surface area contributed by atoms with Gasteiger partial charge in [-0.05, 0) is 49.6 Å². The van der Waals surface area contributed by atoms with Crippen molar-refractivity contribution in [3.63, 3.8) is 0 Å². The third-order valence-corrected chi connectivity index (χ3v) is 6.61.